The van der Waals surface area contributed by atoms with Crippen molar-refractivity contribution >= 4 is 36.6 Å². The Morgan fingerprint density at radius 2 is 1.12 bits per heavy atom. The average molecular weight is 533 g/mol. The summed E-state index contributed by atoms with van der Waals surface area (Å²) in [5.74, 6) is 0.229. The van der Waals surface area contributed by atoms with Gasteiger partial charge in [0.1, 0.15) is 0 Å². The minimum atomic E-state index is -2.48. The third-order valence-electron chi connectivity index (χ3n) is 8.04. The van der Waals surface area contributed by atoms with E-state index in [-0.39, 0.29) is 5.82 Å². The first kappa shape index (κ1) is 25.8. The topological polar surface area (TPSA) is 17.8 Å². The lowest BCUT2D eigenvalue weighted by atomic mass is 9.58. The summed E-state index contributed by atoms with van der Waals surface area (Å²) in [5, 5.41) is 4.25. The molecule has 0 aliphatic rings. The maximum atomic E-state index is 4.97. The molecule has 1 aromatic heterocycles. The molecule has 0 saturated heterocycles. The van der Waals surface area contributed by atoms with E-state index in [2.05, 4.69) is 163 Å². The van der Waals surface area contributed by atoms with Gasteiger partial charge in [-0.25, -0.2) is 0 Å². The second kappa shape index (κ2) is 11.8. The number of nitrogens with zero attached hydrogens (tertiary/aromatic N) is 2. The molecule has 6 aromatic rings. The van der Waals surface area contributed by atoms with Gasteiger partial charge in [-0.1, -0.05) is 151 Å². The number of rotatable bonds is 9. The molecule has 0 aliphatic carbocycles. The minimum Gasteiger partial charge on any atom is -0.345 e. The second-order valence-electron chi connectivity index (χ2n) is 10.6. The van der Waals surface area contributed by atoms with E-state index in [0.717, 1.165) is 19.2 Å². The molecule has 5 aromatic carbocycles. The predicted octanol–water partition coefficient (Wildman–Crippen LogP) is 4.75. The van der Waals surface area contributed by atoms with Crippen LogP contribution in [0.15, 0.2) is 158 Å². The lowest BCUT2D eigenvalue weighted by molar-refractivity contribution is 0.889. The van der Waals surface area contributed by atoms with Crippen LogP contribution >= 0.6 is 0 Å². The Bertz CT molecular complexity index is 1570. The summed E-state index contributed by atoms with van der Waals surface area (Å²) in [7, 11) is -1.64. The molecule has 0 unspecified atom stereocenters. The van der Waals surface area contributed by atoms with Gasteiger partial charge in [0.15, 0.2) is 8.07 Å². The summed E-state index contributed by atoms with van der Waals surface area (Å²) in [6.45, 7) is 2.20. The highest BCUT2D eigenvalue weighted by molar-refractivity contribution is 7.10. The third kappa shape index (κ3) is 5.23. The van der Waals surface area contributed by atoms with Gasteiger partial charge >= 0.3 is 0 Å². The SMILES string of the molecule is Cc1cccc([Si](Cn2ccnc2BC(c2ccccc2)c2ccccc2)(c2ccccc2)c2ccccc2)c1. The zero-order valence-electron chi connectivity index (χ0n) is 22.9. The predicted molar refractivity (Wildman–Crippen MR) is 172 cm³/mol. The molecule has 0 spiro atoms. The molecule has 2 nitrogen and oxygen atoms in total. The Morgan fingerprint density at radius 1 is 0.625 bits per heavy atom. The highest BCUT2D eigenvalue weighted by Gasteiger charge is 2.40. The smallest absolute Gasteiger partial charge is 0.217 e. The van der Waals surface area contributed by atoms with E-state index in [4.69, 9.17) is 4.98 Å². The van der Waals surface area contributed by atoms with E-state index in [0.29, 0.717) is 0 Å². The molecule has 0 N–H and O–H groups in total. The number of benzene rings is 5. The van der Waals surface area contributed by atoms with Gasteiger partial charge in [-0.3, -0.25) is 4.98 Å². The standard InChI is InChI=1S/C36H33BN2Si/c1-29-15-14-24-34(27-29)40(32-20-10-4-11-21-32,33-22-12-5-13-23-33)28-39-26-25-38-36(39)37-35(30-16-6-2-7-17-30)31-18-8-3-9-19-31/h2-27,35,37H,28H2,1H3. The quantitative estimate of drug-likeness (QED) is 0.194. The van der Waals surface area contributed by atoms with Crippen molar-refractivity contribution in [1.29, 1.82) is 0 Å². The normalized spacial score (nSPS) is 11.4. The molecule has 6 rings (SSSR count). The van der Waals surface area contributed by atoms with E-state index >= 15 is 0 Å². The monoisotopic (exact) mass is 532 g/mol. The number of imidazole rings is 1. The zero-order valence-corrected chi connectivity index (χ0v) is 23.9. The first-order valence-corrected chi connectivity index (χ1v) is 16.2. The Morgan fingerprint density at radius 3 is 1.65 bits per heavy atom. The van der Waals surface area contributed by atoms with Crippen molar-refractivity contribution < 1.29 is 0 Å². The van der Waals surface area contributed by atoms with Crippen LogP contribution < -0.4 is 21.3 Å². The van der Waals surface area contributed by atoms with Gasteiger partial charge in [-0.15, -0.1) is 0 Å². The van der Waals surface area contributed by atoms with Gasteiger partial charge in [0.2, 0.25) is 7.28 Å². The van der Waals surface area contributed by atoms with Crippen molar-refractivity contribution in [3.63, 3.8) is 0 Å². The van der Waals surface area contributed by atoms with Gasteiger partial charge in [0.05, 0.1) is 5.72 Å². The first-order chi connectivity index (χ1) is 19.7. The zero-order chi connectivity index (χ0) is 27.2. The number of aryl methyl sites for hydroxylation is 1. The van der Waals surface area contributed by atoms with Crippen LogP contribution in [0, 0.1) is 6.92 Å². The van der Waals surface area contributed by atoms with E-state index in [1.807, 2.05) is 6.20 Å². The van der Waals surface area contributed by atoms with Crippen LogP contribution in [0.5, 0.6) is 0 Å². The Labute approximate surface area is 239 Å². The molecule has 0 bridgehead atoms. The van der Waals surface area contributed by atoms with Gasteiger partial charge in [-0.2, -0.15) is 0 Å². The molecule has 0 fully saturated rings. The number of aromatic nitrogens is 2. The molecule has 0 atom stereocenters. The summed E-state index contributed by atoms with van der Waals surface area (Å²) in [6, 6.07) is 53.2. The van der Waals surface area contributed by atoms with Gasteiger partial charge < -0.3 is 4.57 Å². The van der Waals surface area contributed by atoms with E-state index in [1.54, 1.807) is 0 Å². The van der Waals surface area contributed by atoms with Crippen molar-refractivity contribution in [2.45, 2.75) is 18.9 Å². The minimum absolute atomic E-state index is 0.229. The molecular weight excluding hydrogens is 499 g/mol. The van der Waals surface area contributed by atoms with Crippen LogP contribution in [-0.2, 0) is 6.17 Å². The van der Waals surface area contributed by atoms with Crippen LogP contribution in [-0.4, -0.2) is 24.9 Å². The van der Waals surface area contributed by atoms with Crippen molar-refractivity contribution in [2.75, 3.05) is 0 Å². The van der Waals surface area contributed by atoms with E-state index in [1.165, 1.54) is 32.3 Å². The lowest BCUT2D eigenvalue weighted by Crippen LogP contribution is -2.70. The third-order valence-corrected chi connectivity index (χ3v) is 12.8. The summed E-state index contributed by atoms with van der Waals surface area (Å²) >= 11 is 0. The molecule has 0 radical (unpaired) electrons. The van der Waals surface area contributed by atoms with Crippen molar-refractivity contribution in [3.8, 4) is 0 Å². The number of hydrogen-bond donors (Lipinski definition) is 0. The summed E-state index contributed by atoms with van der Waals surface area (Å²) in [5.41, 5.74) is 5.04. The fourth-order valence-corrected chi connectivity index (χ4v) is 10.8. The lowest BCUT2D eigenvalue weighted by Gasteiger charge is -2.35. The maximum Gasteiger partial charge on any atom is 0.217 e. The highest BCUT2D eigenvalue weighted by Crippen LogP contribution is 2.23. The second-order valence-corrected chi connectivity index (χ2v) is 14.4. The summed E-state index contributed by atoms with van der Waals surface area (Å²) in [6.07, 6.45) is 5.05. The average Bonchev–Trinajstić information content (AvgIpc) is 3.46. The molecule has 0 saturated carbocycles. The van der Waals surface area contributed by atoms with Crippen LogP contribution in [0.3, 0.4) is 0 Å². The molecule has 40 heavy (non-hydrogen) atoms. The molecule has 0 amide bonds. The molecular formula is C36H33BN2Si. The van der Waals surface area contributed by atoms with Crippen LogP contribution in [0.2, 0.25) is 0 Å². The molecule has 1 heterocycles. The highest BCUT2D eigenvalue weighted by atomic mass is 28.3. The van der Waals surface area contributed by atoms with Gasteiger partial charge in [-0.05, 0) is 39.4 Å². The Balaban J connectivity index is 1.49. The summed E-state index contributed by atoms with van der Waals surface area (Å²) in [4.78, 5) is 4.97. The van der Waals surface area contributed by atoms with Gasteiger partial charge in [0.25, 0.3) is 0 Å². The van der Waals surface area contributed by atoms with Crippen molar-refractivity contribution in [2.24, 2.45) is 0 Å². The van der Waals surface area contributed by atoms with Gasteiger partial charge in [0, 0.05) is 18.6 Å². The van der Waals surface area contributed by atoms with Crippen LogP contribution in [0.1, 0.15) is 22.5 Å². The fourth-order valence-electron chi connectivity index (χ4n) is 6.04. The molecule has 0 aliphatic heterocycles. The molecule has 4 heteroatoms. The number of hydrogen-bond acceptors (Lipinski definition) is 1. The van der Waals surface area contributed by atoms with Crippen molar-refractivity contribution in [1.82, 2.24) is 9.55 Å². The fraction of sp³-hybridized carbons (Fsp3) is 0.0833. The van der Waals surface area contributed by atoms with Crippen molar-refractivity contribution in [3.05, 3.63) is 175 Å². The van der Waals surface area contributed by atoms with E-state index < -0.39 is 8.07 Å². The first-order valence-electron chi connectivity index (χ1n) is 14.0. The molecule has 194 valence electrons. The van der Waals surface area contributed by atoms with Crippen LogP contribution in [0.25, 0.3) is 0 Å². The van der Waals surface area contributed by atoms with E-state index in [9.17, 15) is 0 Å². The summed E-state index contributed by atoms with van der Waals surface area (Å²) < 4.78 is 2.44. The Hall–Kier alpha value is -4.41. The Kier molecular flexibility index (Phi) is 7.60. The largest absolute Gasteiger partial charge is 0.345 e. The van der Waals surface area contributed by atoms with Crippen LogP contribution in [0.4, 0.5) is 0 Å². The maximum absolute atomic E-state index is 4.97.